The van der Waals surface area contributed by atoms with Gasteiger partial charge in [-0.05, 0) is 36.5 Å². The van der Waals surface area contributed by atoms with Crippen molar-refractivity contribution >= 4 is 11.9 Å². The molecule has 0 atom stereocenters. The molecule has 1 aliphatic rings. The molecule has 1 aromatic carbocycles. The second-order valence-corrected chi connectivity index (χ2v) is 5.22. The van der Waals surface area contributed by atoms with Gasteiger partial charge in [-0.25, -0.2) is 0 Å². The number of amides is 1. The van der Waals surface area contributed by atoms with Crippen molar-refractivity contribution in [3.8, 4) is 0 Å². The van der Waals surface area contributed by atoms with E-state index in [1.165, 1.54) is 44.8 Å². The summed E-state index contributed by atoms with van der Waals surface area (Å²) < 4.78 is 4.48. The van der Waals surface area contributed by atoms with Crippen LogP contribution >= 0.6 is 0 Å². The molecule has 108 valence electrons. The lowest BCUT2D eigenvalue weighted by Crippen LogP contribution is -2.30. The highest BCUT2D eigenvalue weighted by atomic mass is 16.5. The molecule has 20 heavy (non-hydrogen) atoms. The summed E-state index contributed by atoms with van der Waals surface area (Å²) in [6.07, 6.45) is 6.42. The van der Waals surface area contributed by atoms with Crippen molar-refractivity contribution < 1.29 is 14.3 Å². The molecule has 2 rings (SSSR count). The summed E-state index contributed by atoms with van der Waals surface area (Å²) in [6.45, 7) is -0.0975. The first kappa shape index (κ1) is 14.6. The minimum absolute atomic E-state index is 0.0975. The topological polar surface area (TPSA) is 55.4 Å². The normalized spacial score (nSPS) is 15.7. The van der Waals surface area contributed by atoms with Gasteiger partial charge in [-0.3, -0.25) is 9.59 Å². The van der Waals surface area contributed by atoms with Crippen LogP contribution < -0.4 is 5.32 Å². The van der Waals surface area contributed by atoms with E-state index in [2.05, 4.69) is 10.1 Å². The number of carbonyl (C=O) groups is 2. The van der Waals surface area contributed by atoms with Crippen molar-refractivity contribution in [1.82, 2.24) is 5.32 Å². The van der Waals surface area contributed by atoms with Crippen molar-refractivity contribution in [2.45, 2.75) is 38.0 Å². The average molecular weight is 275 g/mol. The molecule has 0 spiro atoms. The van der Waals surface area contributed by atoms with E-state index in [9.17, 15) is 9.59 Å². The third-order valence-corrected chi connectivity index (χ3v) is 3.87. The van der Waals surface area contributed by atoms with Gasteiger partial charge in [0.05, 0.1) is 7.11 Å². The summed E-state index contributed by atoms with van der Waals surface area (Å²) in [5.41, 5.74) is 1.89. The Morgan fingerprint density at radius 3 is 2.40 bits per heavy atom. The van der Waals surface area contributed by atoms with E-state index >= 15 is 0 Å². The van der Waals surface area contributed by atoms with E-state index < -0.39 is 5.97 Å². The molecule has 1 amide bonds. The molecule has 1 N–H and O–H groups in total. The van der Waals surface area contributed by atoms with Crippen LogP contribution in [-0.4, -0.2) is 25.5 Å². The van der Waals surface area contributed by atoms with Gasteiger partial charge in [-0.15, -0.1) is 0 Å². The van der Waals surface area contributed by atoms with E-state index in [4.69, 9.17) is 0 Å². The molecule has 4 heteroatoms. The highest BCUT2D eigenvalue weighted by molar-refractivity contribution is 5.95. The molecule has 1 fully saturated rings. The van der Waals surface area contributed by atoms with Gasteiger partial charge < -0.3 is 10.1 Å². The van der Waals surface area contributed by atoms with E-state index in [1.54, 1.807) is 0 Å². The number of ether oxygens (including phenoxy) is 1. The molecule has 0 saturated heterocycles. The van der Waals surface area contributed by atoms with Gasteiger partial charge in [0.15, 0.2) is 0 Å². The summed E-state index contributed by atoms with van der Waals surface area (Å²) in [6, 6.07) is 7.72. The summed E-state index contributed by atoms with van der Waals surface area (Å²) >= 11 is 0. The summed E-state index contributed by atoms with van der Waals surface area (Å²) in [5.74, 6) is -0.0568. The smallest absolute Gasteiger partial charge is 0.325 e. The first-order valence-corrected chi connectivity index (χ1v) is 7.15. The van der Waals surface area contributed by atoms with Gasteiger partial charge in [0.25, 0.3) is 5.91 Å². The van der Waals surface area contributed by atoms with E-state index in [1.807, 2.05) is 24.3 Å². The fourth-order valence-electron chi connectivity index (χ4n) is 2.67. The SMILES string of the molecule is COC(=O)CNC(=O)c1ccc(C2CCCCC2)cc1. The zero-order valence-electron chi connectivity index (χ0n) is 11.9. The third-order valence-electron chi connectivity index (χ3n) is 3.87. The van der Waals surface area contributed by atoms with E-state index in [-0.39, 0.29) is 12.5 Å². The van der Waals surface area contributed by atoms with Crippen molar-refractivity contribution in [2.75, 3.05) is 13.7 Å². The summed E-state index contributed by atoms with van der Waals surface area (Å²) in [7, 11) is 1.30. The van der Waals surface area contributed by atoms with Crippen LogP contribution in [0.5, 0.6) is 0 Å². The Hall–Kier alpha value is -1.84. The first-order chi connectivity index (χ1) is 9.70. The Labute approximate surface area is 119 Å². The fourth-order valence-corrected chi connectivity index (χ4v) is 2.67. The molecule has 1 saturated carbocycles. The molecule has 1 aromatic rings. The first-order valence-electron chi connectivity index (χ1n) is 7.15. The molecule has 0 aromatic heterocycles. The zero-order valence-corrected chi connectivity index (χ0v) is 11.9. The van der Waals surface area contributed by atoms with Gasteiger partial charge in [0.2, 0.25) is 0 Å². The summed E-state index contributed by atoms with van der Waals surface area (Å²) in [5, 5.41) is 2.54. The molecule has 0 aliphatic heterocycles. The maximum absolute atomic E-state index is 11.8. The Morgan fingerprint density at radius 2 is 1.80 bits per heavy atom. The Kier molecular flexibility index (Phi) is 5.16. The lowest BCUT2D eigenvalue weighted by atomic mass is 9.84. The number of esters is 1. The van der Waals surface area contributed by atoms with E-state index in [0.29, 0.717) is 11.5 Å². The van der Waals surface area contributed by atoms with E-state index in [0.717, 1.165) is 0 Å². The fraction of sp³-hybridized carbons (Fsp3) is 0.500. The maximum Gasteiger partial charge on any atom is 0.325 e. The second-order valence-electron chi connectivity index (χ2n) is 5.22. The number of benzene rings is 1. The van der Waals surface area contributed by atoms with Gasteiger partial charge >= 0.3 is 5.97 Å². The van der Waals surface area contributed by atoms with Crippen LogP contribution in [0, 0.1) is 0 Å². The largest absolute Gasteiger partial charge is 0.468 e. The standard InChI is InChI=1S/C16H21NO3/c1-20-15(18)11-17-16(19)14-9-7-13(8-10-14)12-5-3-2-4-6-12/h7-10,12H,2-6,11H2,1H3,(H,17,19). The number of carbonyl (C=O) groups excluding carboxylic acids is 2. The second kappa shape index (κ2) is 7.08. The van der Waals surface area contributed by atoms with Crippen LogP contribution in [0.3, 0.4) is 0 Å². The van der Waals surface area contributed by atoms with Crippen molar-refractivity contribution in [3.05, 3.63) is 35.4 Å². The highest BCUT2D eigenvalue weighted by Crippen LogP contribution is 2.32. The highest BCUT2D eigenvalue weighted by Gasteiger charge is 2.16. The van der Waals surface area contributed by atoms with Crippen LogP contribution in [0.1, 0.15) is 53.9 Å². The number of methoxy groups -OCH3 is 1. The lowest BCUT2D eigenvalue weighted by Gasteiger charge is -2.22. The van der Waals surface area contributed by atoms with Crippen LogP contribution in [0.15, 0.2) is 24.3 Å². The Bertz CT molecular complexity index is 461. The van der Waals surface area contributed by atoms with Crippen LogP contribution in [0.4, 0.5) is 0 Å². The molecule has 0 unspecified atom stereocenters. The van der Waals surface area contributed by atoms with Gasteiger partial charge in [-0.1, -0.05) is 31.4 Å². The molecular formula is C16H21NO3. The van der Waals surface area contributed by atoms with Crippen molar-refractivity contribution in [1.29, 1.82) is 0 Å². The van der Waals surface area contributed by atoms with Crippen molar-refractivity contribution in [3.63, 3.8) is 0 Å². The number of hydrogen-bond acceptors (Lipinski definition) is 3. The summed E-state index contributed by atoms with van der Waals surface area (Å²) in [4.78, 5) is 22.8. The lowest BCUT2D eigenvalue weighted by molar-refractivity contribution is -0.139. The van der Waals surface area contributed by atoms with Crippen LogP contribution in [0.2, 0.25) is 0 Å². The zero-order chi connectivity index (χ0) is 14.4. The maximum atomic E-state index is 11.8. The molecule has 0 bridgehead atoms. The molecule has 0 heterocycles. The minimum atomic E-state index is -0.447. The molecular weight excluding hydrogens is 254 g/mol. The average Bonchev–Trinajstić information content (AvgIpc) is 2.53. The predicted molar refractivity (Wildman–Crippen MR) is 76.6 cm³/mol. The van der Waals surface area contributed by atoms with Crippen LogP contribution in [-0.2, 0) is 9.53 Å². The van der Waals surface area contributed by atoms with Gasteiger partial charge in [0, 0.05) is 5.56 Å². The number of rotatable bonds is 4. The number of nitrogens with one attached hydrogen (secondary N) is 1. The predicted octanol–water partition coefficient (Wildman–Crippen LogP) is 2.64. The molecule has 4 nitrogen and oxygen atoms in total. The molecule has 1 aliphatic carbocycles. The Morgan fingerprint density at radius 1 is 1.15 bits per heavy atom. The monoisotopic (exact) mass is 275 g/mol. The number of hydrogen-bond donors (Lipinski definition) is 1. The van der Waals surface area contributed by atoms with Gasteiger partial charge in [-0.2, -0.15) is 0 Å². The molecule has 0 radical (unpaired) electrons. The van der Waals surface area contributed by atoms with Crippen molar-refractivity contribution in [2.24, 2.45) is 0 Å². The third kappa shape index (κ3) is 3.83. The van der Waals surface area contributed by atoms with Gasteiger partial charge in [0.1, 0.15) is 6.54 Å². The van der Waals surface area contributed by atoms with Crippen LogP contribution in [0.25, 0.3) is 0 Å². The Balaban J connectivity index is 1.93. The quantitative estimate of drug-likeness (QED) is 0.859. The minimum Gasteiger partial charge on any atom is -0.468 e.